The second-order valence-corrected chi connectivity index (χ2v) is 8.11. The highest BCUT2D eigenvalue weighted by atomic mass is 28.4. The molecule has 2 N–H and O–H groups in total. The zero-order chi connectivity index (χ0) is 12.2. The Hall–Kier alpha value is 0.0569. The molecule has 0 aromatic heterocycles. The molecule has 0 unspecified atom stereocenters. The van der Waals surface area contributed by atoms with E-state index in [9.17, 15) is 0 Å². The molecule has 0 heterocycles. The lowest BCUT2D eigenvalue weighted by molar-refractivity contribution is 0.192. The van der Waals surface area contributed by atoms with Gasteiger partial charge in [0.25, 0.3) is 0 Å². The second kappa shape index (κ2) is 5.60. The highest BCUT2D eigenvalue weighted by Gasteiger charge is 2.43. The first kappa shape index (κ1) is 14.1. The summed E-state index contributed by atoms with van der Waals surface area (Å²) in [6.45, 7) is 6.38. The molecule has 0 aromatic carbocycles. The molecule has 5 heteroatoms. The topological polar surface area (TPSA) is 42.5 Å². The Bertz CT molecular complexity index is 209. The monoisotopic (exact) mass is 246 g/mol. The van der Waals surface area contributed by atoms with Crippen molar-refractivity contribution in [2.24, 2.45) is 0 Å². The molecule has 0 spiro atoms. The molecule has 1 aliphatic rings. The lowest BCUT2D eigenvalue weighted by Gasteiger charge is -2.36. The van der Waals surface area contributed by atoms with Crippen molar-refractivity contribution in [2.45, 2.75) is 58.0 Å². The van der Waals surface area contributed by atoms with Gasteiger partial charge < -0.3 is 8.85 Å². The first-order chi connectivity index (χ1) is 7.41. The van der Waals surface area contributed by atoms with Gasteiger partial charge in [0.15, 0.2) is 0 Å². The van der Waals surface area contributed by atoms with E-state index >= 15 is 0 Å². The SMILES string of the molecule is CO[Si](NC1CCCC1)(NC(C)(C)C)OC. The minimum absolute atomic E-state index is 0.0101. The highest BCUT2D eigenvalue weighted by molar-refractivity contribution is 6.62. The largest absolute Gasteiger partial charge is 0.517 e. The van der Waals surface area contributed by atoms with Crippen LogP contribution in [-0.4, -0.2) is 34.7 Å². The Kier molecular flexibility index (Phi) is 4.94. The minimum atomic E-state index is -2.44. The van der Waals surface area contributed by atoms with E-state index in [1.54, 1.807) is 14.2 Å². The molecule has 0 amide bonds. The third-order valence-electron chi connectivity index (χ3n) is 2.86. The summed E-state index contributed by atoms with van der Waals surface area (Å²) >= 11 is 0. The van der Waals surface area contributed by atoms with Crippen molar-refractivity contribution in [3.63, 3.8) is 0 Å². The van der Waals surface area contributed by atoms with Gasteiger partial charge in [0.05, 0.1) is 0 Å². The maximum Gasteiger partial charge on any atom is 0.517 e. The molecule has 0 aliphatic heterocycles. The first-order valence-corrected chi connectivity index (χ1v) is 7.90. The van der Waals surface area contributed by atoms with Crippen LogP contribution in [0.4, 0.5) is 0 Å². The van der Waals surface area contributed by atoms with Crippen molar-refractivity contribution in [1.82, 2.24) is 9.96 Å². The predicted octanol–water partition coefficient (Wildman–Crippen LogP) is 1.64. The van der Waals surface area contributed by atoms with E-state index < -0.39 is 8.88 Å². The molecule has 0 bridgehead atoms. The van der Waals surface area contributed by atoms with Crippen LogP contribution in [0.5, 0.6) is 0 Å². The number of rotatable bonds is 5. The smallest absolute Gasteiger partial charge is 0.374 e. The molecular weight excluding hydrogens is 220 g/mol. The van der Waals surface area contributed by atoms with Crippen LogP contribution in [0.3, 0.4) is 0 Å². The van der Waals surface area contributed by atoms with Crippen molar-refractivity contribution in [3.05, 3.63) is 0 Å². The maximum absolute atomic E-state index is 5.62. The summed E-state index contributed by atoms with van der Waals surface area (Å²) in [5.74, 6) is 0. The summed E-state index contributed by atoms with van der Waals surface area (Å²) in [6.07, 6.45) is 5.08. The van der Waals surface area contributed by atoms with Gasteiger partial charge in [-0.15, -0.1) is 0 Å². The van der Waals surface area contributed by atoms with Gasteiger partial charge in [-0.1, -0.05) is 12.8 Å². The van der Waals surface area contributed by atoms with Crippen LogP contribution < -0.4 is 9.96 Å². The summed E-state index contributed by atoms with van der Waals surface area (Å²) in [5.41, 5.74) is -0.0101. The third kappa shape index (κ3) is 4.14. The minimum Gasteiger partial charge on any atom is -0.374 e. The maximum atomic E-state index is 5.62. The predicted molar refractivity (Wildman–Crippen MR) is 68.1 cm³/mol. The van der Waals surface area contributed by atoms with Crippen molar-refractivity contribution in [3.8, 4) is 0 Å². The standard InChI is InChI=1S/C11H26N2O2Si/c1-11(2,3)13-16(14-4,15-5)12-10-8-6-7-9-10/h10,12-13H,6-9H2,1-5H3. The quantitative estimate of drug-likeness (QED) is 0.724. The third-order valence-corrected chi connectivity index (χ3v) is 5.88. The second-order valence-electron chi connectivity index (χ2n) is 5.53. The van der Waals surface area contributed by atoms with Crippen LogP contribution in [0.1, 0.15) is 46.5 Å². The fourth-order valence-electron chi connectivity index (χ4n) is 2.17. The summed E-state index contributed by atoms with van der Waals surface area (Å²) in [5, 5.41) is 0. The van der Waals surface area contributed by atoms with Gasteiger partial charge in [-0.25, -0.2) is 0 Å². The molecule has 1 rings (SSSR count). The summed E-state index contributed by atoms with van der Waals surface area (Å²) in [4.78, 5) is 7.05. The van der Waals surface area contributed by atoms with Gasteiger partial charge in [-0.3, -0.25) is 9.96 Å². The van der Waals surface area contributed by atoms with Gasteiger partial charge in [-0.05, 0) is 33.6 Å². The van der Waals surface area contributed by atoms with E-state index in [0.717, 1.165) is 0 Å². The van der Waals surface area contributed by atoms with E-state index in [1.165, 1.54) is 25.7 Å². The van der Waals surface area contributed by atoms with E-state index in [2.05, 4.69) is 30.7 Å². The van der Waals surface area contributed by atoms with Gasteiger partial charge >= 0.3 is 8.88 Å². The van der Waals surface area contributed by atoms with Crippen molar-refractivity contribution < 1.29 is 8.85 Å². The Balaban J connectivity index is 2.62. The van der Waals surface area contributed by atoms with E-state index in [-0.39, 0.29) is 5.54 Å². The fraction of sp³-hybridized carbons (Fsp3) is 1.00. The van der Waals surface area contributed by atoms with Crippen LogP contribution in [0, 0.1) is 0 Å². The molecular formula is C11H26N2O2Si. The average Bonchev–Trinajstić information content (AvgIpc) is 2.67. The Morgan fingerprint density at radius 3 is 1.94 bits per heavy atom. The van der Waals surface area contributed by atoms with E-state index in [4.69, 9.17) is 8.85 Å². The summed E-state index contributed by atoms with van der Waals surface area (Å²) in [6, 6.07) is 0.543. The molecule has 0 radical (unpaired) electrons. The van der Waals surface area contributed by atoms with E-state index in [0.29, 0.717) is 6.04 Å². The molecule has 4 nitrogen and oxygen atoms in total. The number of hydrogen-bond acceptors (Lipinski definition) is 4. The lowest BCUT2D eigenvalue weighted by atomic mass is 10.1. The van der Waals surface area contributed by atoms with Crippen molar-refractivity contribution >= 4 is 8.88 Å². The van der Waals surface area contributed by atoms with Gasteiger partial charge in [-0.2, -0.15) is 0 Å². The Morgan fingerprint density at radius 2 is 1.56 bits per heavy atom. The van der Waals surface area contributed by atoms with Gasteiger partial charge in [0.2, 0.25) is 0 Å². The number of hydrogen-bond donors (Lipinski definition) is 2. The van der Waals surface area contributed by atoms with Gasteiger partial charge in [0, 0.05) is 25.8 Å². The molecule has 1 aliphatic carbocycles. The molecule has 0 saturated heterocycles. The summed E-state index contributed by atoms with van der Waals surface area (Å²) in [7, 11) is 0.993. The average molecular weight is 246 g/mol. The zero-order valence-electron chi connectivity index (χ0n) is 11.2. The lowest BCUT2D eigenvalue weighted by Crippen LogP contribution is -2.72. The molecule has 1 saturated carbocycles. The molecule has 0 atom stereocenters. The number of nitrogens with one attached hydrogen (secondary N) is 2. The zero-order valence-corrected chi connectivity index (χ0v) is 12.2. The van der Waals surface area contributed by atoms with Crippen LogP contribution >= 0.6 is 0 Å². The van der Waals surface area contributed by atoms with E-state index in [1.807, 2.05) is 0 Å². The van der Waals surface area contributed by atoms with Gasteiger partial charge in [0.1, 0.15) is 0 Å². The first-order valence-electron chi connectivity index (χ1n) is 6.08. The van der Waals surface area contributed by atoms with Crippen LogP contribution in [-0.2, 0) is 8.85 Å². The molecule has 0 aromatic rings. The molecule has 1 fully saturated rings. The molecule has 16 heavy (non-hydrogen) atoms. The van der Waals surface area contributed by atoms with Crippen LogP contribution in [0.15, 0.2) is 0 Å². The Morgan fingerprint density at radius 1 is 1.06 bits per heavy atom. The molecule has 96 valence electrons. The normalized spacial score (nSPS) is 19.3. The fourth-order valence-corrected chi connectivity index (χ4v) is 4.66. The Labute approximate surface area is 100 Å². The highest BCUT2D eigenvalue weighted by Crippen LogP contribution is 2.20. The van der Waals surface area contributed by atoms with Crippen LogP contribution in [0.25, 0.3) is 0 Å². The van der Waals surface area contributed by atoms with Crippen LogP contribution in [0.2, 0.25) is 0 Å². The van der Waals surface area contributed by atoms with Crippen molar-refractivity contribution in [2.75, 3.05) is 14.2 Å². The van der Waals surface area contributed by atoms with Crippen molar-refractivity contribution in [1.29, 1.82) is 0 Å². The summed E-state index contributed by atoms with van der Waals surface area (Å²) < 4.78 is 11.2.